The van der Waals surface area contributed by atoms with Crippen LogP contribution in [0.5, 0.6) is 0 Å². The number of carbonyl (C=O) groups excluding carboxylic acids is 4. The number of amides is 3. The van der Waals surface area contributed by atoms with E-state index in [0.717, 1.165) is 0 Å². The third-order valence-electron chi connectivity index (χ3n) is 5.88. The first-order valence-electron chi connectivity index (χ1n) is 11.6. The molecule has 0 radical (unpaired) electrons. The molecule has 2 heterocycles. The lowest BCUT2D eigenvalue weighted by Crippen LogP contribution is -2.53. The number of Topliss-reactive ketones (excluding diaryl/α,β-unsaturated/α-hetero) is 1. The highest BCUT2D eigenvalue weighted by molar-refractivity contribution is 6.00. The molecule has 1 saturated heterocycles. The average Bonchev–Trinajstić information content (AvgIpc) is 3.33. The normalized spacial score (nSPS) is 16.2. The zero-order chi connectivity index (χ0) is 24.7. The van der Waals surface area contributed by atoms with Gasteiger partial charge in [-0.25, -0.2) is 0 Å². The molecule has 34 heavy (non-hydrogen) atoms. The Kier molecular flexibility index (Phi) is 8.51. The monoisotopic (exact) mass is 464 g/mol. The van der Waals surface area contributed by atoms with Gasteiger partial charge in [-0.1, -0.05) is 38.1 Å². The number of likely N-dealkylation sites (tertiary alicyclic amines) is 1. The van der Waals surface area contributed by atoms with Gasteiger partial charge in [-0.3, -0.25) is 24.2 Å². The molecule has 1 aliphatic heterocycles. The van der Waals surface area contributed by atoms with Gasteiger partial charge in [-0.05, 0) is 49.4 Å². The van der Waals surface area contributed by atoms with Crippen molar-refractivity contribution < 1.29 is 19.2 Å². The molecule has 3 rings (SSSR count). The fourth-order valence-corrected chi connectivity index (χ4v) is 4.19. The first-order chi connectivity index (χ1) is 16.3. The standard InChI is InChI=1S/C26H32N4O4/c1-18(2)16-21(28-24(32)19-10-5-4-6-11-19)26(34)30-15-9-13-22(30)23(31)17-29(3)25(33)20-12-7-8-14-27-20/h4-8,10-12,14,18,21-22H,9,13,15-17H2,1-3H3,(H,28,32)/t21-,22-/m0/s1. The molecule has 0 saturated carbocycles. The molecule has 3 amide bonds. The summed E-state index contributed by atoms with van der Waals surface area (Å²) in [6.07, 6.45) is 3.23. The largest absolute Gasteiger partial charge is 0.340 e. The maximum absolute atomic E-state index is 13.5. The minimum Gasteiger partial charge on any atom is -0.340 e. The minimum atomic E-state index is -0.728. The van der Waals surface area contributed by atoms with Gasteiger partial charge in [0.2, 0.25) is 5.91 Å². The molecular formula is C26H32N4O4. The molecule has 0 aliphatic carbocycles. The number of hydrogen-bond donors (Lipinski definition) is 1. The molecular weight excluding hydrogens is 432 g/mol. The van der Waals surface area contributed by atoms with E-state index in [2.05, 4.69) is 10.3 Å². The summed E-state index contributed by atoms with van der Waals surface area (Å²) in [5, 5.41) is 2.87. The molecule has 8 heteroatoms. The highest BCUT2D eigenvalue weighted by atomic mass is 16.2. The molecule has 0 spiro atoms. The maximum Gasteiger partial charge on any atom is 0.272 e. The van der Waals surface area contributed by atoms with Crippen LogP contribution in [-0.2, 0) is 9.59 Å². The van der Waals surface area contributed by atoms with Crippen LogP contribution in [-0.4, -0.2) is 70.5 Å². The van der Waals surface area contributed by atoms with Crippen LogP contribution >= 0.6 is 0 Å². The molecule has 1 fully saturated rings. The summed E-state index contributed by atoms with van der Waals surface area (Å²) in [7, 11) is 1.55. The van der Waals surface area contributed by atoms with Gasteiger partial charge < -0.3 is 15.1 Å². The zero-order valence-electron chi connectivity index (χ0n) is 19.9. The summed E-state index contributed by atoms with van der Waals surface area (Å²) >= 11 is 0. The third-order valence-corrected chi connectivity index (χ3v) is 5.88. The lowest BCUT2D eigenvalue weighted by atomic mass is 10.0. The zero-order valence-corrected chi connectivity index (χ0v) is 19.9. The first-order valence-corrected chi connectivity index (χ1v) is 11.6. The van der Waals surface area contributed by atoms with E-state index in [1.165, 1.54) is 11.1 Å². The van der Waals surface area contributed by atoms with Crippen LogP contribution in [0.25, 0.3) is 0 Å². The number of pyridine rings is 1. The van der Waals surface area contributed by atoms with Gasteiger partial charge in [-0.15, -0.1) is 0 Å². The van der Waals surface area contributed by atoms with Gasteiger partial charge in [0.1, 0.15) is 11.7 Å². The van der Waals surface area contributed by atoms with Crippen molar-refractivity contribution in [1.82, 2.24) is 20.1 Å². The van der Waals surface area contributed by atoms with Crippen LogP contribution in [0.1, 0.15) is 54.0 Å². The average molecular weight is 465 g/mol. The van der Waals surface area contributed by atoms with Crippen LogP contribution in [0.2, 0.25) is 0 Å². The molecule has 0 unspecified atom stereocenters. The Morgan fingerprint density at radius 3 is 2.44 bits per heavy atom. The predicted molar refractivity (Wildman–Crippen MR) is 128 cm³/mol. The van der Waals surface area contributed by atoms with Crippen LogP contribution in [0.4, 0.5) is 0 Å². The number of nitrogens with zero attached hydrogens (tertiary/aromatic N) is 3. The van der Waals surface area contributed by atoms with Crippen LogP contribution < -0.4 is 5.32 Å². The fourth-order valence-electron chi connectivity index (χ4n) is 4.19. The van der Waals surface area contributed by atoms with Gasteiger partial charge in [0, 0.05) is 25.4 Å². The molecule has 180 valence electrons. The molecule has 2 aromatic rings. The topological polar surface area (TPSA) is 99.7 Å². The van der Waals surface area contributed by atoms with Crippen molar-refractivity contribution in [2.45, 2.75) is 45.2 Å². The number of hydrogen-bond acceptors (Lipinski definition) is 5. The number of ketones is 1. The Morgan fingerprint density at radius 1 is 1.09 bits per heavy atom. The van der Waals surface area contributed by atoms with Crippen molar-refractivity contribution in [3.05, 3.63) is 66.0 Å². The van der Waals surface area contributed by atoms with E-state index in [0.29, 0.717) is 31.4 Å². The Bertz CT molecular complexity index is 1010. The summed E-state index contributed by atoms with van der Waals surface area (Å²) in [6.45, 7) is 4.30. The highest BCUT2D eigenvalue weighted by Gasteiger charge is 2.38. The molecule has 1 aliphatic rings. The summed E-state index contributed by atoms with van der Waals surface area (Å²) in [5.74, 6) is -0.952. The van der Waals surface area contributed by atoms with E-state index in [9.17, 15) is 19.2 Å². The number of benzene rings is 1. The second kappa shape index (κ2) is 11.5. The maximum atomic E-state index is 13.5. The quantitative estimate of drug-likeness (QED) is 0.615. The van der Waals surface area contributed by atoms with E-state index < -0.39 is 12.1 Å². The van der Waals surface area contributed by atoms with Gasteiger partial charge in [-0.2, -0.15) is 0 Å². The number of rotatable bonds is 9. The van der Waals surface area contributed by atoms with Crippen LogP contribution in [0.3, 0.4) is 0 Å². The number of likely N-dealkylation sites (N-methyl/N-ethyl adjacent to an activating group) is 1. The van der Waals surface area contributed by atoms with Crippen molar-refractivity contribution in [3.63, 3.8) is 0 Å². The van der Waals surface area contributed by atoms with Crippen molar-refractivity contribution in [2.24, 2.45) is 5.92 Å². The smallest absolute Gasteiger partial charge is 0.272 e. The van der Waals surface area contributed by atoms with Crippen LogP contribution in [0, 0.1) is 5.92 Å². The van der Waals surface area contributed by atoms with Crippen molar-refractivity contribution in [3.8, 4) is 0 Å². The van der Waals surface area contributed by atoms with Gasteiger partial charge in [0.05, 0.1) is 12.6 Å². The summed E-state index contributed by atoms with van der Waals surface area (Å²) in [4.78, 5) is 58.8. The molecule has 1 aromatic carbocycles. The van der Waals surface area contributed by atoms with Crippen molar-refractivity contribution in [2.75, 3.05) is 20.1 Å². The lowest BCUT2D eigenvalue weighted by molar-refractivity contribution is -0.139. The lowest BCUT2D eigenvalue weighted by Gasteiger charge is -2.30. The van der Waals surface area contributed by atoms with Gasteiger partial charge in [0.15, 0.2) is 5.78 Å². The summed E-state index contributed by atoms with van der Waals surface area (Å²) in [6, 6.07) is 12.4. The fraction of sp³-hybridized carbons (Fsp3) is 0.423. The van der Waals surface area contributed by atoms with Crippen molar-refractivity contribution in [1.29, 1.82) is 0 Å². The molecule has 8 nitrogen and oxygen atoms in total. The van der Waals surface area contributed by atoms with E-state index >= 15 is 0 Å². The van der Waals surface area contributed by atoms with Gasteiger partial charge >= 0.3 is 0 Å². The SMILES string of the molecule is CC(C)C[C@H](NC(=O)c1ccccc1)C(=O)N1CCC[C@H]1C(=O)CN(C)C(=O)c1ccccn1. The molecule has 0 bridgehead atoms. The third kappa shape index (κ3) is 6.27. The number of aromatic nitrogens is 1. The Labute approximate surface area is 200 Å². The van der Waals surface area contributed by atoms with E-state index in [1.54, 1.807) is 54.4 Å². The number of carbonyl (C=O) groups is 4. The van der Waals surface area contributed by atoms with E-state index in [1.807, 2.05) is 19.9 Å². The first kappa shape index (κ1) is 25.1. The number of nitrogens with one attached hydrogen (secondary N) is 1. The van der Waals surface area contributed by atoms with E-state index in [-0.39, 0.29) is 41.7 Å². The Balaban J connectivity index is 1.69. The molecule has 1 N–H and O–H groups in total. The summed E-state index contributed by atoms with van der Waals surface area (Å²) < 4.78 is 0. The summed E-state index contributed by atoms with van der Waals surface area (Å²) in [5.41, 5.74) is 0.741. The van der Waals surface area contributed by atoms with Gasteiger partial charge in [0.25, 0.3) is 11.8 Å². The molecule has 1 aromatic heterocycles. The van der Waals surface area contributed by atoms with Crippen molar-refractivity contribution >= 4 is 23.5 Å². The Morgan fingerprint density at radius 2 is 1.79 bits per heavy atom. The van der Waals surface area contributed by atoms with E-state index in [4.69, 9.17) is 0 Å². The minimum absolute atomic E-state index is 0.116. The van der Waals surface area contributed by atoms with Crippen LogP contribution in [0.15, 0.2) is 54.7 Å². The molecule has 2 atom stereocenters. The highest BCUT2D eigenvalue weighted by Crippen LogP contribution is 2.22. The second-order valence-electron chi connectivity index (χ2n) is 9.05. The Hall–Kier alpha value is -3.55. The second-order valence-corrected chi connectivity index (χ2v) is 9.05. The predicted octanol–water partition coefficient (Wildman–Crippen LogP) is 2.56.